The Morgan fingerprint density at radius 3 is 2.60 bits per heavy atom. The lowest BCUT2D eigenvalue weighted by atomic mass is 10.1. The van der Waals surface area contributed by atoms with E-state index in [-0.39, 0.29) is 11.5 Å². The van der Waals surface area contributed by atoms with E-state index in [9.17, 15) is 8.42 Å². The molecule has 1 aliphatic rings. The maximum absolute atomic E-state index is 11.5. The summed E-state index contributed by atoms with van der Waals surface area (Å²) in [6, 6.07) is 9.83. The molecule has 2 heterocycles. The van der Waals surface area contributed by atoms with Crippen LogP contribution in [0.3, 0.4) is 0 Å². The van der Waals surface area contributed by atoms with Gasteiger partial charge in [0.1, 0.15) is 5.82 Å². The van der Waals surface area contributed by atoms with Crippen LogP contribution in [0.4, 0.5) is 5.82 Å². The lowest BCUT2D eigenvalue weighted by molar-refractivity contribution is 0.586. The molecule has 1 aromatic heterocycles. The Morgan fingerprint density at radius 1 is 1.20 bits per heavy atom. The normalized spacial score (nSPS) is 18.4. The molecule has 0 saturated carbocycles. The molecular formula is C14H15ClN2O2S. The number of hydrogen-bond acceptors (Lipinski definition) is 4. The third-order valence-corrected chi connectivity index (χ3v) is 5.50. The number of pyridine rings is 1. The highest BCUT2D eigenvalue weighted by molar-refractivity contribution is 7.91. The van der Waals surface area contributed by atoms with E-state index in [1.807, 2.05) is 35.2 Å². The Balaban J connectivity index is 2.00. The summed E-state index contributed by atoms with van der Waals surface area (Å²) in [4.78, 5) is 6.65. The monoisotopic (exact) mass is 310 g/mol. The van der Waals surface area contributed by atoms with Crippen molar-refractivity contribution >= 4 is 38.2 Å². The van der Waals surface area contributed by atoms with E-state index in [2.05, 4.69) is 4.98 Å². The molecule has 0 amide bonds. The summed E-state index contributed by atoms with van der Waals surface area (Å²) in [5.74, 6) is 1.62. The Labute approximate surface area is 123 Å². The number of para-hydroxylation sites is 1. The molecule has 0 spiro atoms. The van der Waals surface area contributed by atoms with Gasteiger partial charge < -0.3 is 4.90 Å². The number of fused-ring (bicyclic) bond motifs is 1. The van der Waals surface area contributed by atoms with Gasteiger partial charge in [0, 0.05) is 24.4 Å². The van der Waals surface area contributed by atoms with Gasteiger partial charge in [-0.1, -0.05) is 18.2 Å². The van der Waals surface area contributed by atoms with Crippen molar-refractivity contribution in [2.24, 2.45) is 0 Å². The Bertz CT molecular complexity index is 732. The van der Waals surface area contributed by atoms with Crippen molar-refractivity contribution in [2.45, 2.75) is 5.88 Å². The summed E-state index contributed by atoms with van der Waals surface area (Å²) in [6.45, 7) is 0.991. The van der Waals surface area contributed by atoms with Gasteiger partial charge in [0.15, 0.2) is 9.84 Å². The van der Waals surface area contributed by atoms with Crippen LogP contribution in [-0.4, -0.2) is 38.0 Å². The van der Waals surface area contributed by atoms with Gasteiger partial charge in [-0.2, -0.15) is 0 Å². The molecule has 1 aliphatic heterocycles. The zero-order chi connectivity index (χ0) is 14.2. The number of alkyl halides is 1. The van der Waals surface area contributed by atoms with Crippen molar-refractivity contribution in [1.82, 2.24) is 4.98 Å². The summed E-state index contributed by atoms with van der Waals surface area (Å²) in [6.07, 6.45) is 0. The minimum absolute atomic E-state index is 0.192. The van der Waals surface area contributed by atoms with Crippen molar-refractivity contribution < 1.29 is 8.42 Å². The zero-order valence-corrected chi connectivity index (χ0v) is 12.5. The fourth-order valence-corrected chi connectivity index (χ4v) is 3.87. The molecule has 0 atom stereocenters. The van der Waals surface area contributed by atoms with Crippen molar-refractivity contribution in [2.75, 3.05) is 29.5 Å². The van der Waals surface area contributed by atoms with Crippen LogP contribution in [0.2, 0.25) is 0 Å². The first kappa shape index (κ1) is 13.6. The van der Waals surface area contributed by atoms with Gasteiger partial charge in [0.05, 0.1) is 17.0 Å². The highest BCUT2D eigenvalue weighted by Crippen LogP contribution is 2.25. The minimum Gasteiger partial charge on any atom is -0.355 e. The van der Waals surface area contributed by atoms with Crippen LogP contribution in [0.5, 0.6) is 0 Å². The van der Waals surface area contributed by atoms with Gasteiger partial charge in [-0.15, -0.1) is 11.6 Å². The van der Waals surface area contributed by atoms with Crippen molar-refractivity contribution in [3.63, 3.8) is 0 Å². The van der Waals surface area contributed by atoms with Gasteiger partial charge in [-0.25, -0.2) is 13.4 Å². The molecule has 1 fully saturated rings. The molecule has 1 saturated heterocycles. The Morgan fingerprint density at radius 2 is 1.90 bits per heavy atom. The standard InChI is InChI=1S/C14H15ClN2O2S/c15-10-11-9-14(16-13-4-2-1-3-12(11)13)17-5-7-20(18,19)8-6-17/h1-4,9H,5-8,10H2. The lowest BCUT2D eigenvalue weighted by Crippen LogP contribution is -2.40. The molecule has 20 heavy (non-hydrogen) atoms. The van der Waals surface area contributed by atoms with E-state index in [4.69, 9.17) is 11.6 Å². The second kappa shape index (κ2) is 5.22. The molecule has 4 nitrogen and oxygen atoms in total. The molecule has 106 valence electrons. The van der Waals surface area contributed by atoms with Gasteiger partial charge in [0.25, 0.3) is 0 Å². The highest BCUT2D eigenvalue weighted by atomic mass is 35.5. The van der Waals surface area contributed by atoms with E-state index >= 15 is 0 Å². The summed E-state index contributed by atoms with van der Waals surface area (Å²) in [7, 11) is -2.88. The van der Waals surface area contributed by atoms with E-state index < -0.39 is 9.84 Å². The van der Waals surface area contributed by atoms with Crippen molar-refractivity contribution in [3.8, 4) is 0 Å². The van der Waals surface area contributed by atoms with Crippen LogP contribution >= 0.6 is 11.6 Å². The van der Waals surface area contributed by atoms with Crippen LogP contribution in [0.15, 0.2) is 30.3 Å². The fraction of sp³-hybridized carbons (Fsp3) is 0.357. The topological polar surface area (TPSA) is 50.3 Å². The molecular weight excluding hydrogens is 296 g/mol. The zero-order valence-electron chi connectivity index (χ0n) is 10.9. The first-order valence-electron chi connectivity index (χ1n) is 6.49. The fourth-order valence-electron chi connectivity index (χ4n) is 2.45. The second-order valence-corrected chi connectivity index (χ2v) is 7.50. The summed E-state index contributed by atoms with van der Waals surface area (Å²) in [5, 5.41) is 1.05. The Kier molecular flexibility index (Phi) is 3.56. The van der Waals surface area contributed by atoms with Gasteiger partial charge in [0.2, 0.25) is 0 Å². The van der Waals surface area contributed by atoms with Gasteiger partial charge in [-0.3, -0.25) is 0 Å². The average Bonchev–Trinajstić information content (AvgIpc) is 2.46. The van der Waals surface area contributed by atoms with E-state index in [1.54, 1.807) is 0 Å². The quantitative estimate of drug-likeness (QED) is 0.798. The molecule has 0 N–H and O–H groups in total. The molecule has 1 aromatic carbocycles. The van der Waals surface area contributed by atoms with E-state index in [0.29, 0.717) is 19.0 Å². The third kappa shape index (κ3) is 2.60. The number of hydrogen-bond donors (Lipinski definition) is 0. The van der Waals surface area contributed by atoms with E-state index in [0.717, 1.165) is 22.3 Å². The number of benzene rings is 1. The number of nitrogens with zero attached hydrogens (tertiary/aromatic N) is 2. The lowest BCUT2D eigenvalue weighted by Gasteiger charge is -2.28. The first-order valence-corrected chi connectivity index (χ1v) is 8.85. The average molecular weight is 311 g/mol. The summed E-state index contributed by atoms with van der Waals surface area (Å²) in [5.41, 5.74) is 1.93. The van der Waals surface area contributed by atoms with Crippen LogP contribution in [0.25, 0.3) is 10.9 Å². The maximum Gasteiger partial charge on any atom is 0.153 e. The van der Waals surface area contributed by atoms with Crippen molar-refractivity contribution in [1.29, 1.82) is 0 Å². The van der Waals surface area contributed by atoms with Gasteiger partial charge >= 0.3 is 0 Å². The first-order chi connectivity index (χ1) is 9.59. The summed E-state index contributed by atoms with van der Waals surface area (Å²) >= 11 is 6.02. The van der Waals surface area contributed by atoms with E-state index in [1.165, 1.54) is 0 Å². The van der Waals surface area contributed by atoms with Crippen LogP contribution in [0.1, 0.15) is 5.56 Å². The predicted molar refractivity (Wildman–Crippen MR) is 82.2 cm³/mol. The molecule has 0 radical (unpaired) electrons. The van der Waals surface area contributed by atoms with Crippen molar-refractivity contribution in [3.05, 3.63) is 35.9 Å². The molecule has 2 aromatic rings. The minimum atomic E-state index is -2.88. The molecule has 0 unspecified atom stereocenters. The number of anilines is 1. The van der Waals surface area contributed by atoms with Gasteiger partial charge in [-0.05, 0) is 17.7 Å². The predicted octanol–water partition coefficient (Wildman–Crippen LogP) is 2.21. The molecule has 6 heteroatoms. The molecule has 0 aliphatic carbocycles. The van der Waals surface area contributed by atoms with Crippen LogP contribution in [-0.2, 0) is 15.7 Å². The van der Waals surface area contributed by atoms with Crippen LogP contribution in [0, 0.1) is 0 Å². The molecule has 3 rings (SSSR count). The van der Waals surface area contributed by atoms with Crippen LogP contribution < -0.4 is 4.90 Å². The number of halogens is 1. The number of rotatable bonds is 2. The largest absolute Gasteiger partial charge is 0.355 e. The number of aromatic nitrogens is 1. The smallest absolute Gasteiger partial charge is 0.153 e. The molecule has 0 bridgehead atoms. The SMILES string of the molecule is O=S1(=O)CCN(c2cc(CCl)c3ccccc3n2)CC1. The second-order valence-electron chi connectivity index (χ2n) is 4.93. The Hall–Kier alpha value is -1.33. The highest BCUT2D eigenvalue weighted by Gasteiger charge is 2.23. The maximum atomic E-state index is 11.5. The third-order valence-electron chi connectivity index (χ3n) is 3.60. The number of sulfone groups is 1. The summed E-state index contributed by atoms with van der Waals surface area (Å²) < 4.78 is 23.0.